The average molecular weight is 252 g/mol. The molecule has 1 aliphatic carbocycles. The van der Waals surface area contributed by atoms with Gasteiger partial charge in [-0.05, 0) is 25.2 Å². The van der Waals surface area contributed by atoms with Gasteiger partial charge >= 0.3 is 0 Å². The maximum Gasteiger partial charge on any atom is 0.140 e. The van der Waals surface area contributed by atoms with Crippen molar-refractivity contribution in [2.75, 3.05) is 7.11 Å². The third kappa shape index (κ3) is 3.53. The molecule has 0 saturated heterocycles. The van der Waals surface area contributed by atoms with E-state index in [9.17, 15) is 0 Å². The molecule has 0 bridgehead atoms. The second-order valence-electron chi connectivity index (χ2n) is 5.50. The predicted molar refractivity (Wildman–Crippen MR) is 70.1 cm³/mol. The van der Waals surface area contributed by atoms with Crippen molar-refractivity contribution < 1.29 is 4.74 Å². The average Bonchev–Trinajstić information content (AvgIpc) is 2.94. The van der Waals surface area contributed by atoms with Crippen LogP contribution in [0.1, 0.15) is 38.9 Å². The van der Waals surface area contributed by atoms with Crippen LogP contribution >= 0.6 is 0 Å². The van der Waals surface area contributed by atoms with Gasteiger partial charge in [0.25, 0.3) is 0 Å². The third-order valence-corrected chi connectivity index (χ3v) is 3.50. The minimum atomic E-state index is 0.427. The van der Waals surface area contributed by atoms with Crippen LogP contribution in [-0.4, -0.2) is 34.0 Å². The van der Waals surface area contributed by atoms with Crippen molar-refractivity contribution in [1.29, 1.82) is 0 Å². The molecule has 5 heteroatoms. The maximum absolute atomic E-state index is 5.38. The van der Waals surface area contributed by atoms with Gasteiger partial charge in [0.1, 0.15) is 12.2 Å². The molecule has 18 heavy (non-hydrogen) atoms. The van der Waals surface area contributed by atoms with Gasteiger partial charge in [-0.15, -0.1) is 0 Å². The smallest absolute Gasteiger partial charge is 0.140 e. The van der Waals surface area contributed by atoms with Gasteiger partial charge in [-0.3, -0.25) is 0 Å². The summed E-state index contributed by atoms with van der Waals surface area (Å²) in [5.41, 5.74) is 0. The zero-order valence-electron chi connectivity index (χ0n) is 11.6. The Kier molecular flexibility index (Phi) is 4.72. The summed E-state index contributed by atoms with van der Waals surface area (Å²) < 4.78 is 7.38. The summed E-state index contributed by atoms with van der Waals surface area (Å²) in [4.78, 5) is 4.33. The molecule has 1 aromatic heterocycles. The lowest BCUT2D eigenvalue weighted by Gasteiger charge is -2.13. The van der Waals surface area contributed by atoms with Crippen LogP contribution in [0.25, 0.3) is 0 Å². The molecule has 0 aliphatic heterocycles. The second kappa shape index (κ2) is 6.29. The van der Waals surface area contributed by atoms with Gasteiger partial charge in [0, 0.05) is 19.7 Å². The Morgan fingerprint density at radius 2 is 2.33 bits per heavy atom. The van der Waals surface area contributed by atoms with Crippen molar-refractivity contribution in [3.05, 3.63) is 12.2 Å². The molecule has 5 nitrogen and oxygen atoms in total. The van der Waals surface area contributed by atoms with Gasteiger partial charge < -0.3 is 10.1 Å². The lowest BCUT2D eigenvalue weighted by atomic mass is 10.2. The molecule has 2 unspecified atom stereocenters. The highest BCUT2D eigenvalue weighted by Gasteiger charge is 2.24. The van der Waals surface area contributed by atoms with Crippen molar-refractivity contribution in [2.24, 2.45) is 5.92 Å². The van der Waals surface area contributed by atoms with Gasteiger partial charge in [0.05, 0.1) is 12.6 Å². The van der Waals surface area contributed by atoms with Crippen molar-refractivity contribution in [3.63, 3.8) is 0 Å². The lowest BCUT2D eigenvalue weighted by Crippen LogP contribution is -2.28. The quantitative estimate of drug-likeness (QED) is 0.835. The first-order valence-corrected chi connectivity index (χ1v) is 6.82. The van der Waals surface area contributed by atoms with Crippen LogP contribution in [0.3, 0.4) is 0 Å². The Labute approximate surface area is 109 Å². The molecule has 1 fully saturated rings. The van der Waals surface area contributed by atoms with Crippen molar-refractivity contribution >= 4 is 0 Å². The molecule has 0 aromatic carbocycles. The summed E-state index contributed by atoms with van der Waals surface area (Å²) >= 11 is 0. The van der Waals surface area contributed by atoms with Gasteiger partial charge in [0.2, 0.25) is 0 Å². The van der Waals surface area contributed by atoms with Gasteiger partial charge in [-0.25, -0.2) is 9.67 Å². The Hall–Kier alpha value is -0.940. The normalized spacial score (nSPS) is 24.0. The molecule has 1 heterocycles. The van der Waals surface area contributed by atoms with E-state index in [0.29, 0.717) is 18.1 Å². The molecule has 2 atom stereocenters. The van der Waals surface area contributed by atoms with Crippen LogP contribution in [-0.2, 0) is 17.8 Å². The largest absolute Gasteiger partial charge is 0.381 e. The summed E-state index contributed by atoms with van der Waals surface area (Å²) in [5.74, 6) is 1.62. The molecule has 1 N–H and O–H groups in total. The lowest BCUT2D eigenvalue weighted by molar-refractivity contribution is 0.107. The van der Waals surface area contributed by atoms with Crippen LogP contribution in [0.4, 0.5) is 0 Å². The van der Waals surface area contributed by atoms with E-state index in [-0.39, 0.29) is 0 Å². The van der Waals surface area contributed by atoms with Gasteiger partial charge in [-0.1, -0.05) is 13.8 Å². The molecule has 102 valence electrons. The molecular weight excluding hydrogens is 228 g/mol. The van der Waals surface area contributed by atoms with Gasteiger partial charge in [-0.2, -0.15) is 5.10 Å². The van der Waals surface area contributed by atoms with Crippen LogP contribution in [0, 0.1) is 5.92 Å². The first kappa shape index (κ1) is 13.5. The van der Waals surface area contributed by atoms with E-state index in [2.05, 4.69) is 29.2 Å². The summed E-state index contributed by atoms with van der Waals surface area (Å²) in [7, 11) is 1.80. The number of nitrogens with one attached hydrogen (secondary N) is 1. The SMILES string of the molecule is COC1CCC(NCc2ncnn2CC(C)C)C1. The van der Waals surface area contributed by atoms with Crippen LogP contribution in [0.5, 0.6) is 0 Å². The third-order valence-electron chi connectivity index (χ3n) is 3.50. The van der Waals surface area contributed by atoms with Crippen LogP contribution < -0.4 is 5.32 Å². The molecule has 2 rings (SSSR count). The Morgan fingerprint density at radius 3 is 3.00 bits per heavy atom. The highest BCUT2D eigenvalue weighted by molar-refractivity contribution is 4.88. The molecule has 0 radical (unpaired) electrons. The molecular formula is C13H24N4O. The van der Waals surface area contributed by atoms with E-state index < -0.39 is 0 Å². The number of hydrogen-bond donors (Lipinski definition) is 1. The first-order chi connectivity index (χ1) is 8.69. The number of ether oxygens (including phenoxy) is 1. The topological polar surface area (TPSA) is 52.0 Å². The summed E-state index contributed by atoms with van der Waals surface area (Å²) in [6.07, 6.45) is 5.53. The number of methoxy groups -OCH3 is 1. The monoisotopic (exact) mass is 252 g/mol. The zero-order valence-corrected chi connectivity index (χ0v) is 11.6. The van der Waals surface area contributed by atoms with Crippen molar-refractivity contribution in [1.82, 2.24) is 20.1 Å². The number of rotatable bonds is 6. The molecule has 0 amide bonds. The molecule has 1 aromatic rings. The van der Waals surface area contributed by atoms with E-state index >= 15 is 0 Å². The molecule has 1 aliphatic rings. The summed E-state index contributed by atoms with van der Waals surface area (Å²) in [5, 5.41) is 7.83. The molecule has 0 spiro atoms. The zero-order chi connectivity index (χ0) is 13.0. The van der Waals surface area contributed by atoms with E-state index in [4.69, 9.17) is 4.74 Å². The van der Waals surface area contributed by atoms with E-state index in [1.807, 2.05) is 4.68 Å². The van der Waals surface area contributed by atoms with Crippen LogP contribution in [0.15, 0.2) is 6.33 Å². The summed E-state index contributed by atoms with van der Waals surface area (Å²) in [6.45, 7) is 6.12. The fourth-order valence-electron chi connectivity index (χ4n) is 2.50. The fourth-order valence-corrected chi connectivity index (χ4v) is 2.50. The highest BCUT2D eigenvalue weighted by Crippen LogP contribution is 2.21. The highest BCUT2D eigenvalue weighted by atomic mass is 16.5. The predicted octanol–water partition coefficient (Wildman–Crippen LogP) is 1.59. The molecule has 1 saturated carbocycles. The minimum absolute atomic E-state index is 0.427. The summed E-state index contributed by atoms with van der Waals surface area (Å²) in [6, 6.07) is 0.555. The number of aromatic nitrogens is 3. The number of nitrogens with zero attached hydrogens (tertiary/aromatic N) is 3. The number of hydrogen-bond acceptors (Lipinski definition) is 4. The minimum Gasteiger partial charge on any atom is -0.381 e. The Bertz CT molecular complexity index is 364. The standard InChI is InChI=1S/C13H24N4O/c1-10(2)8-17-13(15-9-16-17)7-14-11-4-5-12(6-11)18-3/h9-12,14H,4-8H2,1-3H3. The Morgan fingerprint density at radius 1 is 1.50 bits per heavy atom. The second-order valence-corrected chi connectivity index (χ2v) is 5.50. The van der Waals surface area contributed by atoms with Crippen molar-refractivity contribution in [3.8, 4) is 0 Å². The van der Waals surface area contributed by atoms with Crippen LogP contribution in [0.2, 0.25) is 0 Å². The fraction of sp³-hybridized carbons (Fsp3) is 0.846. The van der Waals surface area contributed by atoms with Gasteiger partial charge in [0.15, 0.2) is 0 Å². The van der Waals surface area contributed by atoms with E-state index in [1.54, 1.807) is 13.4 Å². The van der Waals surface area contributed by atoms with Crippen molar-refractivity contribution in [2.45, 2.75) is 58.3 Å². The first-order valence-electron chi connectivity index (χ1n) is 6.82. The van der Waals surface area contributed by atoms with E-state index in [1.165, 1.54) is 6.42 Å². The van der Waals surface area contributed by atoms with E-state index in [0.717, 1.165) is 31.8 Å². The maximum atomic E-state index is 5.38. The Balaban J connectivity index is 1.81.